The summed E-state index contributed by atoms with van der Waals surface area (Å²) in [6.45, 7) is 6.65. The van der Waals surface area contributed by atoms with Gasteiger partial charge in [0.2, 0.25) is 5.91 Å². The Morgan fingerprint density at radius 1 is 1.16 bits per heavy atom. The van der Waals surface area contributed by atoms with Crippen molar-refractivity contribution in [1.82, 2.24) is 14.8 Å². The number of hydrogen-bond acceptors (Lipinski definition) is 4. The van der Waals surface area contributed by atoms with E-state index in [9.17, 15) is 9.59 Å². The predicted octanol–water partition coefficient (Wildman–Crippen LogP) is 3.93. The molecule has 0 bridgehead atoms. The van der Waals surface area contributed by atoms with Gasteiger partial charge >= 0.3 is 5.97 Å². The zero-order valence-corrected chi connectivity index (χ0v) is 19.1. The number of H-pyrrole nitrogens is 1. The number of rotatable bonds is 7. The normalized spacial score (nSPS) is 16.4. The van der Waals surface area contributed by atoms with Crippen LogP contribution in [-0.2, 0) is 22.6 Å². The van der Waals surface area contributed by atoms with E-state index in [0.717, 1.165) is 54.6 Å². The van der Waals surface area contributed by atoms with Crippen molar-refractivity contribution < 1.29 is 14.3 Å². The summed E-state index contributed by atoms with van der Waals surface area (Å²) in [7, 11) is 1.89. The summed E-state index contributed by atoms with van der Waals surface area (Å²) in [4.78, 5) is 32.1. The fourth-order valence-corrected chi connectivity index (χ4v) is 4.46. The van der Waals surface area contributed by atoms with Gasteiger partial charge in [0.15, 0.2) is 0 Å². The molecule has 6 heteroatoms. The van der Waals surface area contributed by atoms with E-state index in [1.165, 1.54) is 5.56 Å². The molecule has 6 nitrogen and oxygen atoms in total. The van der Waals surface area contributed by atoms with Gasteiger partial charge in [0.05, 0.1) is 5.56 Å². The van der Waals surface area contributed by atoms with E-state index >= 15 is 0 Å². The van der Waals surface area contributed by atoms with Gasteiger partial charge in [0.1, 0.15) is 6.61 Å². The number of carbonyl (C=O) groups excluding carboxylic acids is 2. The van der Waals surface area contributed by atoms with Gasteiger partial charge in [0.25, 0.3) is 0 Å². The molecule has 0 radical (unpaired) electrons. The van der Waals surface area contributed by atoms with Crippen molar-refractivity contribution in [2.24, 2.45) is 0 Å². The number of amides is 1. The zero-order chi connectivity index (χ0) is 22.7. The largest absolute Gasteiger partial charge is 0.457 e. The molecule has 1 saturated heterocycles. The van der Waals surface area contributed by atoms with Crippen LogP contribution >= 0.6 is 0 Å². The highest BCUT2D eigenvalue weighted by atomic mass is 16.5. The van der Waals surface area contributed by atoms with Gasteiger partial charge in [-0.15, -0.1) is 0 Å². The third-order valence-electron chi connectivity index (χ3n) is 6.48. The standard InChI is InChI=1S/C26H31N3O3/c1-18-25(26(31)32-17-21-7-5-4-6-8-21)23-15-20(9-10-24(23)27-18)11-13-29-14-12-22(16-29)28(3)19(2)30/h4-10,15,22,27H,11-14,16-17H2,1-3H3. The minimum absolute atomic E-state index is 0.122. The number of fused-ring (bicyclic) bond motifs is 1. The number of ether oxygens (including phenoxy) is 1. The van der Waals surface area contributed by atoms with Crippen molar-refractivity contribution in [1.29, 1.82) is 0 Å². The fraction of sp³-hybridized carbons (Fsp3) is 0.385. The predicted molar refractivity (Wildman–Crippen MR) is 126 cm³/mol. The number of carbonyl (C=O) groups is 2. The molecule has 2 aromatic carbocycles. The highest BCUT2D eigenvalue weighted by Crippen LogP contribution is 2.25. The maximum Gasteiger partial charge on any atom is 0.340 e. The lowest BCUT2D eigenvalue weighted by molar-refractivity contribution is -0.129. The lowest BCUT2D eigenvalue weighted by Crippen LogP contribution is -2.37. The number of likely N-dealkylation sites (N-methyl/N-ethyl adjacent to an activating group) is 1. The van der Waals surface area contributed by atoms with E-state index < -0.39 is 0 Å². The van der Waals surface area contributed by atoms with Gasteiger partial charge < -0.3 is 19.5 Å². The number of aryl methyl sites for hydroxylation is 1. The third-order valence-corrected chi connectivity index (χ3v) is 6.48. The molecule has 1 aromatic heterocycles. The molecule has 0 aliphatic carbocycles. The Bertz CT molecular complexity index is 1110. The number of benzene rings is 2. The smallest absolute Gasteiger partial charge is 0.340 e. The van der Waals surface area contributed by atoms with Crippen LogP contribution in [0.3, 0.4) is 0 Å². The van der Waals surface area contributed by atoms with Gasteiger partial charge in [-0.25, -0.2) is 4.79 Å². The molecule has 1 atom stereocenters. The number of hydrogen-bond donors (Lipinski definition) is 1. The molecular weight excluding hydrogens is 402 g/mol. The van der Waals surface area contributed by atoms with E-state index in [-0.39, 0.29) is 18.5 Å². The number of aromatic amines is 1. The molecule has 0 spiro atoms. The van der Waals surface area contributed by atoms with Crippen LogP contribution in [0, 0.1) is 6.92 Å². The molecule has 168 valence electrons. The Labute approximate surface area is 189 Å². The third kappa shape index (κ3) is 4.86. The number of aromatic nitrogens is 1. The highest BCUT2D eigenvalue weighted by Gasteiger charge is 2.26. The van der Waals surface area contributed by atoms with Crippen molar-refractivity contribution in [2.45, 2.75) is 39.3 Å². The Morgan fingerprint density at radius 3 is 2.69 bits per heavy atom. The molecule has 4 rings (SSSR count). The van der Waals surface area contributed by atoms with Crippen molar-refractivity contribution in [3.8, 4) is 0 Å². The maximum atomic E-state index is 12.9. The van der Waals surface area contributed by atoms with Crippen LogP contribution in [0.25, 0.3) is 10.9 Å². The van der Waals surface area contributed by atoms with Crippen LogP contribution in [0.1, 0.15) is 40.5 Å². The molecular formula is C26H31N3O3. The van der Waals surface area contributed by atoms with Crippen molar-refractivity contribution in [3.63, 3.8) is 0 Å². The molecule has 1 aliphatic rings. The van der Waals surface area contributed by atoms with Crippen molar-refractivity contribution >= 4 is 22.8 Å². The summed E-state index contributed by atoms with van der Waals surface area (Å²) >= 11 is 0. The summed E-state index contributed by atoms with van der Waals surface area (Å²) in [6, 6.07) is 16.3. The summed E-state index contributed by atoms with van der Waals surface area (Å²) in [5, 5.41) is 0.911. The van der Waals surface area contributed by atoms with Gasteiger partial charge in [-0.3, -0.25) is 4.79 Å². The maximum absolute atomic E-state index is 12.9. The molecule has 1 amide bonds. The van der Waals surface area contributed by atoms with Crippen LogP contribution in [0.5, 0.6) is 0 Å². The number of likely N-dealkylation sites (tertiary alicyclic amines) is 1. The first kappa shape index (κ1) is 22.1. The van der Waals surface area contributed by atoms with Gasteiger partial charge in [-0.1, -0.05) is 36.4 Å². The summed E-state index contributed by atoms with van der Waals surface area (Å²) < 4.78 is 5.60. The topological polar surface area (TPSA) is 65.6 Å². The molecule has 0 saturated carbocycles. The first-order valence-corrected chi connectivity index (χ1v) is 11.2. The Morgan fingerprint density at radius 2 is 1.94 bits per heavy atom. The number of nitrogens with zero attached hydrogens (tertiary/aromatic N) is 2. The number of nitrogens with one attached hydrogen (secondary N) is 1. The van der Waals surface area contributed by atoms with Crippen molar-refractivity contribution in [3.05, 3.63) is 70.9 Å². The molecule has 32 heavy (non-hydrogen) atoms. The zero-order valence-electron chi connectivity index (χ0n) is 19.1. The molecule has 1 fully saturated rings. The molecule has 2 heterocycles. The second-order valence-electron chi connectivity index (χ2n) is 8.69. The van der Waals surface area contributed by atoms with Crippen LogP contribution in [0.15, 0.2) is 48.5 Å². The highest BCUT2D eigenvalue weighted by molar-refractivity contribution is 6.05. The first-order chi connectivity index (χ1) is 15.4. The second-order valence-corrected chi connectivity index (χ2v) is 8.69. The van der Waals surface area contributed by atoms with E-state index in [0.29, 0.717) is 11.6 Å². The Balaban J connectivity index is 1.42. The Kier molecular flexibility index (Phi) is 6.61. The Hall–Kier alpha value is -3.12. The van der Waals surface area contributed by atoms with Gasteiger partial charge in [-0.05, 0) is 43.0 Å². The van der Waals surface area contributed by atoms with Gasteiger partial charge in [0, 0.05) is 56.2 Å². The molecule has 1 unspecified atom stereocenters. The lowest BCUT2D eigenvalue weighted by Gasteiger charge is -2.23. The fourth-order valence-electron chi connectivity index (χ4n) is 4.46. The SMILES string of the molecule is CC(=O)N(C)C1CCN(CCc2ccc3[nH]c(C)c(C(=O)OCc4ccccc4)c3c2)C1. The van der Waals surface area contributed by atoms with Crippen molar-refractivity contribution in [2.75, 3.05) is 26.7 Å². The minimum Gasteiger partial charge on any atom is -0.457 e. The van der Waals surface area contributed by atoms with Gasteiger partial charge in [-0.2, -0.15) is 0 Å². The van der Waals surface area contributed by atoms with Crippen LogP contribution in [0.2, 0.25) is 0 Å². The van der Waals surface area contributed by atoms with Crippen LogP contribution in [-0.4, -0.2) is 59.4 Å². The van der Waals surface area contributed by atoms with E-state index in [1.807, 2.05) is 55.3 Å². The minimum atomic E-state index is -0.301. The average molecular weight is 434 g/mol. The lowest BCUT2D eigenvalue weighted by atomic mass is 10.1. The summed E-state index contributed by atoms with van der Waals surface area (Å²) in [6.07, 6.45) is 1.92. The molecule has 1 aliphatic heterocycles. The monoisotopic (exact) mass is 433 g/mol. The quantitative estimate of drug-likeness (QED) is 0.574. The molecule has 3 aromatic rings. The van der Waals surface area contributed by atoms with Crippen LogP contribution < -0.4 is 0 Å². The number of esters is 1. The summed E-state index contributed by atoms with van der Waals surface area (Å²) in [5.41, 5.74) is 4.55. The van der Waals surface area contributed by atoms with E-state index in [4.69, 9.17) is 4.74 Å². The van der Waals surface area contributed by atoms with E-state index in [1.54, 1.807) is 6.92 Å². The molecule has 1 N–H and O–H groups in total. The van der Waals surface area contributed by atoms with E-state index in [2.05, 4.69) is 22.0 Å². The van der Waals surface area contributed by atoms with Crippen LogP contribution in [0.4, 0.5) is 0 Å². The second kappa shape index (κ2) is 9.57. The summed E-state index contributed by atoms with van der Waals surface area (Å²) in [5.74, 6) is -0.179. The average Bonchev–Trinajstić information content (AvgIpc) is 3.39. The first-order valence-electron chi connectivity index (χ1n) is 11.2.